The van der Waals surface area contributed by atoms with E-state index in [1.54, 1.807) is 29.6 Å². The van der Waals surface area contributed by atoms with E-state index >= 15 is 0 Å². The van der Waals surface area contributed by atoms with E-state index in [0.717, 1.165) is 25.7 Å². The summed E-state index contributed by atoms with van der Waals surface area (Å²) in [4.78, 5) is 20.6. The van der Waals surface area contributed by atoms with Gasteiger partial charge in [-0.15, -0.1) is 5.10 Å². The van der Waals surface area contributed by atoms with Crippen molar-refractivity contribution in [3.63, 3.8) is 0 Å². The van der Waals surface area contributed by atoms with Crippen molar-refractivity contribution >= 4 is 21.2 Å². The maximum atomic E-state index is 13.4. The quantitative estimate of drug-likeness (QED) is 0.195. The fraction of sp³-hybridized carbons (Fsp3) is 0.414. The highest BCUT2D eigenvalue weighted by Crippen LogP contribution is 2.33. The number of methoxy groups -OCH3 is 2. The number of anilines is 1. The predicted molar refractivity (Wildman–Crippen MR) is 158 cm³/mol. The molecule has 0 aliphatic heterocycles. The lowest BCUT2D eigenvalue weighted by Gasteiger charge is -2.14. The van der Waals surface area contributed by atoms with E-state index < -0.39 is 10.0 Å². The van der Waals surface area contributed by atoms with E-state index in [9.17, 15) is 13.2 Å². The summed E-state index contributed by atoms with van der Waals surface area (Å²) in [5.41, 5.74) is 1.23. The predicted octanol–water partition coefficient (Wildman–Crippen LogP) is 5.12. The van der Waals surface area contributed by atoms with Gasteiger partial charge in [0, 0.05) is 12.5 Å². The summed E-state index contributed by atoms with van der Waals surface area (Å²) in [6, 6.07) is 9.15. The average Bonchev–Trinajstić information content (AvgIpc) is 3.28. The molecule has 0 aliphatic rings. The summed E-state index contributed by atoms with van der Waals surface area (Å²) in [5.74, 6) is 2.11. The molecule has 0 spiro atoms. The second-order valence-corrected chi connectivity index (χ2v) is 11.3. The standard InChI is InChI=1S/C29H37N5O6S/c1-6-8-9-10-11-12-26-30-19(3)27-29(35)31-28(32-34(26)27)22-18-21(14-16-23(22)40-7-2)41(36,37)33-20-13-15-24(38-4)25(17-20)39-5/h13-18,33H,6-12H2,1-5H3,(H,31,32,35). The van der Waals surface area contributed by atoms with Crippen molar-refractivity contribution in [2.45, 2.75) is 64.2 Å². The number of fused-ring (bicyclic) bond motifs is 1. The fourth-order valence-electron chi connectivity index (χ4n) is 4.66. The Bertz CT molecular complexity index is 1680. The minimum absolute atomic E-state index is 0.0357. The first-order chi connectivity index (χ1) is 19.7. The Labute approximate surface area is 239 Å². The first-order valence-corrected chi connectivity index (χ1v) is 15.2. The lowest BCUT2D eigenvalue weighted by Crippen LogP contribution is -2.17. The number of sulfonamides is 1. The summed E-state index contributed by atoms with van der Waals surface area (Å²) >= 11 is 0. The molecule has 0 saturated carbocycles. The maximum Gasteiger partial charge on any atom is 0.277 e. The third-order valence-electron chi connectivity index (χ3n) is 6.70. The highest BCUT2D eigenvalue weighted by atomic mass is 32.2. The molecule has 11 nitrogen and oxygen atoms in total. The fourth-order valence-corrected chi connectivity index (χ4v) is 5.74. The molecule has 0 saturated heterocycles. The van der Waals surface area contributed by atoms with Crippen LogP contribution >= 0.6 is 0 Å². The van der Waals surface area contributed by atoms with Crippen LogP contribution in [0.25, 0.3) is 16.9 Å². The van der Waals surface area contributed by atoms with Gasteiger partial charge in [0.2, 0.25) is 0 Å². The summed E-state index contributed by atoms with van der Waals surface area (Å²) in [6.07, 6.45) is 6.17. The van der Waals surface area contributed by atoms with Gasteiger partial charge in [0.1, 0.15) is 11.6 Å². The maximum absolute atomic E-state index is 13.4. The Morgan fingerprint density at radius 1 is 0.951 bits per heavy atom. The van der Waals surface area contributed by atoms with Crippen LogP contribution in [0, 0.1) is 6.92 Å². The molecule has 220 valence electrons. The monoisotopic (exact) mass is 583 g/mol. The summed E-state index contributed by atoms with van der Waals surface area (Å²) in [7, 11) is -1.07. The topological polar surface area (TPSA) is 137 Å². The Morgan fingerprint density at radius 2 is 1.68 bits per heavy atom. The normalized spacial score (nSPS) is 11.5. The molecule has 0 fully saturated rings. The number of H-pyrrole nitrogens is 1. The van der Waals surface area contributed by atoms with Crippen LogP contribution in [0.4, 0.5) is 5.69 Å². The zero-order chi connectivity index (χ0) is 29.6. The number of aromatic nitrogens is 4. The van der Waals surface area contributed by atoms with Gasteiger partial charge in [-0.05, 0) is 50.6 Å². The van der Waals surface area contributed by atoms with Crippen LogP contribution in [-0.2, 0) is 16.4 Å². The SMILES string of the molecule is CCCCCCCc1nc(C)c2c(=O)[nH]c(-c3cc(S(=O)(=O)Nc4ccc(OC)c(OC)c4)ccc3OCC)nn12. The zero-order valence-corrected chi connectivity index (χ0v) is 24.9. The van der Waals surface area contributed by atoms with Crippen LogP contribution in [0.5, 0.6) is 17.2 Å². The molecule has 2 aromatic carbocycles. The van der Waals surface area contributed by atoms with Crippen molar-refractivity contribution in [3.8, 4) is 28.6 Å². The van der Waals surface area contributed by atoms with E-state index in [1.165, 1.54) is 38.8 Å². The van der Waals surface area contributed by atoms with E-state index in [4.69, 9.17) is 19.3 Å². The molecule has 4 aromatic rings. The van der Waals surface area contributed by atoms with Crippen molar-refractivity contribution in [1.29, 1.82) is 0 Å². The number of ether oxygens (including phenoxy) is 3. The van der Waals surface area contributed by atoms with Gasteiger partial charge in [-0.3, -0.25) is 9.52 Å². The third-order valence-corrected chi connectivity index (χ3v) is 8.08. The number of hydrogen-bond donors (Lipinski definition) is 2. The third kappa shape index (κ3) is 6.64. The van der Waals surface area contributed by atoms with Gasteiger partial charge in [0.15, 0.2) is 22.8 Å². The Kier molecular flexibility index (Phi) is 9.53. The molecule has 2 N–H and O–H groups in total. The Balaban J connectivity index is 1.74. The Morgan fingerprint density at radius 3 is 2.39 bits per heavy atom. The average molecular weight is 584 g/mol. The van der Waals surface area contributed by atoms with Crippen molar-refractivity contribution < 1.29 is 22.6 Å². The molecule has 0 amide bonds. The highest BCUT2D eigenvalue weighted by molar-refractivity contribution is 7.92. The molecule has 4 rings (SSSR count). The lowest BCUT2D eigenvalue weighted by atomic mass is 10.1. The van der Waals surface area contributed by atoms with Gasteiger partial charge in [-0.1, -0.05) is 32.6 Å². The van der Waals surface area contributed by atoms with Crippen molar-refractivity contribution in [2.75, 3.05) is 25.5 Å². The van der Waals surface area contributed by atoms with E-state index in [1.807, 2.05) is 6.92 Å². The van der Waals surface area contributed by atoms with E-state index in [-0.39, 0.29) is 16.3 Å². The van der Waals surface area contributed by atoms with Crippen LogP contribution in [0.15, 0.2) is 46.1 Å². The zero-order valence-electron chi connectivity index (χ0n) is 24.1. The first-order valence-electron chi connectivity index (χ1n) is 13.7. The van der Waals surface area contributed by atoms with Crippen molar-refractivity contribution in [1.82, 2.24) is 19.6 Å². The minimum atomic E-state index is -4.04. The molecule has 0 unspecified atom stereocenters. The van der Waals surface area contributed by atoms with E-state index in [2.05, 4.69) is 21.6 Å². The number of aromatic amines is 1. The number of nitrogens with one attached hydrogen (secondary N) is 2. The molecule has 0 radical (unpaired) electrons. The van der Waals surface area contributed by atoms with Gasteiger partial charge in [0.05, 0.1) is 42.7 Å². The summed E-state index contributed by atoms with van der Waals surface area (Å²) in [6.45, 7) is 6.11. The molecule has 2 aromatic heterocycles. The van der Waals surface area contributed by atoms with Gasteiger partial charge in [-0.2, -0.15) is 0 Å². The van der Waals surface area contributed by atoms with Crippen LogP contribution in [0.3, 0.4) is 0 Å². The van der Waals surface area contributed by atoms with Gasteiger partial charge >= 0.3 is 0 Å². The van der Waals surface area contributed by atoms with Gasteiger partial charge in [-0.25, -0.2) is 17.9 Å². The molecular formula is C29H37N5O6S. The smallest absolute Gasteiger partial charge is 0.277 e. The van der Waals surface area contributed by atoms with Crippen LogP contribution in [0.2, 0.25) is 0 Å². The van der Waals surface area contributed by atoms with Crippen LogP contribution in [-0.4, -0.2) is 48.8 Å². The molecule has 41 heavy (non-hydrogen) atoms. The molecule has 0 aliphatic carbocycles. The van der Waals surface area contributed by atoms with Crippen LogP contribution < -0.4 is 24.5 Å². The molecule has 0 atom stereocenters. The van der Waals surface area contributed by atoms with Crippen LogP contribution in [0.1, 0.15) is 57.5 Å². The van der Waals surface area contributed by atoms with Gasteiger partial charge < -0.3 is 19.2 Å². The number of benzene rings is 2. The number of rotatable bonds is 14. The van der Waals surface area contributed by atoms with Crippen molar-refractivity contribution in [2.24, 2.45) is 0 Å². The second-order valence-electron chi connectivity index (χ2n) is 9.61. The Hall–Kier alpha value is -4.06. The van der Waals surface area contributed by atoms with E-state index in [0.29, 0.717) is 58.6 Å². The molecule has 0 bridgehead atoms. The number of imidazole rings is 1. The summed E-state index contributed by atoms with van der Waals surface area (Å²) < 4.78 is 47.3. The minimum Gasteiger partial charge on any atom is -0.493 e. The highest BCUT2D eigenvalue weighted by Gasteiger charge is 2.22. The second kappa shape index (κ2) is 13.1. The largest absolute Gasteiger partial charge is 0.493 e. The molecule has 12 heteroatoms. The number of hydrogen-bond acceptors (Lipinski definition) is 8. The molecule has 2 heterocycles. The van der Waals surface area contributed by atoms with Gasteiger partial charge in [0.25, 0.3) is 15.6 Å². The summed E-state index contributed by atoms with van der Waals surface area (Å²) in [5, 5.41) is 4.71. The molecular weight excluding hydrogens is 546 g/mol. The van der Waals surface area contributed by atoms with Crippen molar-refractivity contribution in [3.05, 3.63) is 58.3 Å². The lowest BCUT2D eigenvalue weighted by molar-refractivity contribution is 0.341. The number of nitrogens with zero attached hydrogens (tertiary/aromatic N) is 3. The number of aryl methyl sites for hydroxylation is 2. The number of unbranched alkanes of at least 4 members (excludes halogenated alkanes) is 4. The first kappa shape index (κ1) is 29.9.